The van der Waals surface area contributed by atoms with Crippen molar-refractivity contribution in [3.63, 3.8) is 0 Å². The Bertz CT molecular complexity index is 905. The van der Waals surface area contributed by atoms with Crippen LogP contribution in [0.5, 0.6) is 5.75 Å². The first kappa shape index (κ1) is 17.0. The fraction of sp³-hybridized carbons (Fsp3) is 0.105. The first-order valence-electron chi connectivity index (χ1n) is 7.75. The van der Waals surface area contributed by atoms with Gasteiger partial charge in [0.1, 0.15) is 11.3 Å². The normalized spacial score (nSPS) is 10.6. The molecule has 0 aliphatic carbocycles. The maximum Gasteiger partial charge on any atom is 0.339 e. The Morgan fingerprint density at radius 3 is 2.68 bits per heavy atom. The van der Waals surface area contributed by atoms with Gasteiger partial charge < -0.3 is 21.3 Å². The molecule has 128 valence electrons. The Kier molecular flexibility index (Phi) is 5.02. The van der Waals surface area contributed by atoms with Gasteiger partial charge in [0.2, 0.25) is 0 Å². The molecule has 0 spiro atoms. The Balaban J connectivity index is 1.72. The number of nitrogens with two attached hydrogens (primary N) is 1. The van der Waals surface area contributed by atoms with Gasteiger partial charge >= 0.3 is 5.97 Å². The zero-order chi connectivity index (χ0) is 17.8. The number of benzene rings is 2. The molecule has 2 aromatic carbocycles. The van der Waals surface area contributed by atoms with E-state index < -0.39 is 5.97 Å². The van der Waals surface area contributed by atoms with E-state index in [1.165, 1.54) is 12.1 Å². The minimum Gasteiger partial charge on any atom is -0.507 e. The lowest BCUT2D eigenvalue weighted by Crippen LogP contribution is -2.00. The number of carboxylic acids is 1. The van der Waals surface area contributed by atoms with Gasteiger partial charge in [-0.3, -0.25) is 0 Å². The number of anilines is 1. The van der Waals surface area contributed by atoms with E-state index in [9.17, 15) is 9.90 Å². The minimum atomic E-state index is -1.14. The van der Waals surface area contributed by atoms with Gasteiger partial charge in [-0.05, 0) is 47.5 Å². The second-order valence-electron chi connectivity index (χ2n) is 5.56. The molecule has 0 saturated carbocycles. The van der Waals surface area contributed by atoms with E-state index in [2.05, 4.69) is 5.32 Å². The Hall–Kier alpha value is -2.83. The van der Waals surface area contributed by atoms with Crippen LogP contribution in [-0.2, 0) is 13.1 Å². The summed E-state index contributed by atoms with van der Waals surface area (Å²) in [7, 11) is 0. The molecule has 0 amide bonds. The number of rotatable bonds is 6. The summed E-state index contributed by atoms with van der Waals surface area (Å²) < 4.78 is 0. The first-order chi connectivity index (χ1) is 12.1. The van der Waals surface area contributed by atoms with Crippen LogP contribution in [0, 0.1) is 0 Å². The number of carboxylic acid groups (broad SMARTS) is 1. The van der Waals surface area contributed by atoms with Crippen molar-refractivity contribution in [3.05, 3.63) is 70.6 Å². The molecule has 1 aromatic heterocycles. The summed E-state index contributed by atoms with van der Waals surface area (Å²) in [5, 5.41) is 22.2. The van der Waals surface area contributed by atoms with Crippen LogP contribution in [0.25, 0.3) is 10.4 Å². The molecule has 3 aromatic rings. The third-order valence-corrected chi connectivity index (χ3v) is 4.94. The Morgan fingerprint density at radius 2 is 1.96 bits per heavy atom. The first-order valence-corrected chi connectivity index (χ1v) is 8.57. The van der Waals surface area contributed by atoms with E-state index in [4.69, 9.17) is 10.8 Å². The number of phenols is 1. The van der Waals surface area contributed by atoms with Gasteiger partial charge in [-0.1, -0.05) is 18.2 Å². The van der Waals surface area contributed by atoms with Crippen molar-refractivity contribution < 1.29 is 15.0 Å². The van der Waals surface area contributed by atoms with Crippen molar-refractivity contribution in [2.24, 2.45) is 5.73 Å². The molecule has 6 heteroatoms. The van der Waals surface area contributed by atoms with Gasteiger partial charge in [-0.25, -0.2) is 4.79 Å². The molecule has 0 aliphatic rings. The highest BCUT2D eigenvalue weighted by Crippen LogP contribution is 2.32. The van der Waals surface area contributed by atoms with Gasteiger partial charge in [0, 0.05) is 28.5 Å². The monoisotopic (exact) mass is 354 g/mol. The van der Waals surface area contributed by atoms with Crippen molar-refractivity contribution in [1.82, 2.24) is 0 Å². The standard InChI is InChI=1S/C19H18N2O3S/c20-10-12-2-1-3-14(8-12)21-11-15-5-7-18(25-15)13-4-6-16(19(23)24)17(22)9-13/h1-9,21-22H,10-11,20H2,(H,23,24). The van der Waals surface area contributed by atoms with Crippen LogP contribution < -0.4 is 11.1 Å². The van der Waals surface area contributed by atoms with E-state index in [0.29, 0.717) is 13.1 Å². The molecule has 0 fully saturated rings. The van der Waals surface area contributed by atoms with E-state index >= 15 is 0 Å². The van der Waals surface area contributed by atoms with Crippen molar-refractivity contribution >= 4 is 23.0 Å². The Morgan fingerprint density at radius 1 is 1.12 bits per heavy atom. The van der Waals surface area contributed by atoms with Gasteiger partial charge in [0.15, 0.2) is 0 Å². The SMILES string of the molecule is NCc1cccc(NCc2ccc(-c3ccc(C(=O)O)c(O)c3)s2)c1. The van der Waals surface area contributed by atoms with Crippen LogP contribution in [-0.4, -0.2) is 16.2 Å². The summed E-state index contributed by atoms with van der Waals surface area (Å²) in [5.41, 5.74) is 8.44. The van der Waals surface area contributed by atoms with Crippen LogP contribution in [0.4, 0.5) is 5.69 Å². The molecule has 1 heterocycles. The van der Waals surface area contributed by atoms with E-state index in [1.807, 2.05) is 36.4 Å². The number of hydrogen-bond donors (Lipinski definition) is 4. The lowest BCUT2D eigenvalue weighted by Gasteiger charge is -2.06. The maximum atomic E-state index is 11.0. The maximum absolute atomic E-state index is 11.0. The van der Waals surface area contributed by atoms with Crippen molar-refractivity contribution in [2.75, 3.05) is 5.32 Å². The molecular formula is C19H18N2O3S. The second kappa shape index (κ2) is 7.38. The quantitative estimate of drug-likeness (QED) is 0.539. The molecule has 5 nitrogen and oxygen atoms in total. The van der Waals surface area contributed by atoms with Crippen molar-refractivity contribution in [2.45, 2.75) is 13.1 Å². The lowest BCUT2D eigenvalue weighted by molar-refractivity contribution is 0.0694. The number of hydrogen-bond acceptors (Lipinski definition) is 5. The second-order valence-corrected chi connectivity index (χ2v) is 6.73. The van der Waals surface area contributed by atoms with E-state index in [-0.39, 0.29) is 11.3 Å². The summed E-state index contributed by atoms with van der Waals surface area (Å²) in [6.07, 6.45) is 0. The van der Waals surface area contributed by atoms with Gasteiger partial charge in [-0.15, -0.1) is 11.3 Å². The van der Waals surface area contributed by atoms with Gasteiger partial charge in [0.25, 0.3) is 0 Å². The minimum absolute atomic E-state index is 0.0954. The molecule has 0 radical (unpaired) electrons. The smallest absolute Gasteiger partial charge is 0.339 e. The van der Waals surface area contributed by atoms with Crippen molar-refractivity contribution in [1.29, 1.82) is 0 Å². The number of thiophene rings is 1. The molecule has 0 atom stereocenters. The van der Waals surface area contributed by atoms with Crippen molar-refractivity contribution in [3.8, 4) is 16.2 Å². The van der Waals surface area contributed by atoms with Crippen LogP contribution in [0.1, 0.15) is 20.8 Å². The molecule has 25 heavy (non-hydrogen) atoms. The summed E-state index contributed by atoms with van der Waals surface area (Å²) in [5.74, 6) is -1.36. The molecule has 0 bridgehead atoms. The average molecular weight is 354 g/mol. The summed E-state index contributed by atoms with van der Waals surface area (Å²) in [6.45, 7) is 1.19. The van der Waals surface area contributed by atoms with Crippen LogP contribution in [0.15, 0.2) is 54.6 Å². The molecule has 3 rings (SSSR count). The summed E-state index contributed by atoms with van der Waals surface area (Å²) >= 11 is 1.59. The highest BCUT2D eigenvalue weighted by atomic mass is 32.1. The fourth-order valence-corrected chi connectivity index (χ4v) is 3.44. The topological polar surface area (TPSA) is 95.6 Å². The van der Waals surface area contributed by atoms with Crippen LogP contribution in [0.3, 0.4) is 0 Å². The predicted octanol–water partition coefficient (Wildman–Crippen LogP) is 3.89. The number of aromatic carboxylic acids is 1. The Labute approximate surface area is 149 Å². The average Bonchev–Trinajstić information content (AvgIpc) is 3.09. The largest absolute Gasteiger partial charge is 0.507 e. The van der Waals surface area contributed by atoms with Crippen LogP contribution in [0.2, 0.25) is 0 Å². The molecular weight excluding hydrogens is 336 g/mol. The highest BCUT2D eigenvalue weighted by Gasteiger charge is 2.11. The zero-order valence-electron chi connectivity index (χ0n) is 13.4. The lowest BCUT2D eigenvalue weighted by atomic mass is 10.1. The predicted molar refractivity (Wildman–Crippen MR) is 100 cm³/mol. The van der Waals surface area contributed by atoms with E-state index in [0.717, 1.165) is 26.6 Å². The van der Waals surface area contributed by atoms with E-state index in [1.54, 1.807) is 17.4 Å². The van der Waals surface area contributed by atoms with Crippen LogP contribution >= 0.6 is 11.3 Å². The third kappa shape index (κ3) is 3.99. The third-order valence-electron chi connectivity index (χ3n) is 3.80. The summed E-state index contributed by atoms with van der Waals surface area (Å²) in [6, 6.07) is 16.6. The highest BCUT2D eigenvalue weighted by molar-refractivity contribution is 7.15. The van der Waals surface area contributed by atoms with Gasteiger partial charge in [0.05, 0.1) is 0 Å². The molecule has 5 N–H and O–H groups in total. The number of aromatic hydroxyl groups is 1. The number of nitrogens with one attached hydrogen (secondary N) is 1. The molecule has 0 aliphatic heterocycles. The molecule has 0 saturated heterocycles. The summed E-state index contributed by atoms with van der Waals surface area (Å²) in [4.78, 5) is 13.1. The van der Waals surface area contributed by atoms with Gasteiger partial charge in [-0.2, -0.15) is 0 Å². The molecule has 0 unspecified atom stereocenters. The fourth-order valence-electron chi connectivity index (χ4n) is 2.49. The zero-order valence-corrected chi connectivity index (χ0v) is 14.2. The number of carbonyl (C=O) groups is 1.